The van der Waals surface area contributed by atoms with Gasteiger partial charge in [0.25, 0.3) is 0 Å². The summed E-state index contributed by atoms with van der Waals surface area (Å²) in [5.41, 5.74) is 3.86. The number of pyridine rings is 1. The van der Waals surface area contributed by atoms with E-state index < -0.39 is 5.97 Å². The molecule has 0 spiro atoms. The number of carboxylic acid groups (broad SMARTS) is 1. The summed E-state index contributed by atoms with van der Waals surface area (Å²) in [6, 6.07) is 19.4. The van der Waals surface area contributed by atoms with Crippen molar-refractivity contribution in [3.8, 4) is 34.5 Å². The first-order valence-electron chi connectivity index (χ1n) is 7.37. The summed E-state index contributed by atoms with van der Waals surface area (Å²) in [5.74, 6) is -1.03. The fourth-order valence-electron chi connectivity index (χ4n) is 2.49. The zero-order valence-electron chi connectivity index (χ0n) is 13.0. The minimum Gasteiger partial charge on any atom is -0.478 e. The predicted molar refractivity (Wildman–Crippen MR) is 91.5 cm³/mol. The summed E-state index contributed by atoms with van der Waals surface area (Å²) >= 11 is 0. The van der Waals surface area contributed by atoms with Gasteiger partial charge >= 0.3 is 5.97 Å². The Labute approximate surface area is 144 Å². The monoisotopic (exact) mass is 325 g/mol. The molecule has 0 aliphatic rings. The summed E-state index contributed by atoms with van der Waals surface area (Å²) in [6.07, 6.45) is 1.43. The van der Waals surface area contributed by atoms with Gasteiger partial charge in [0.05, 0.1) is 34.5 Å². The van der Waals surface area contributed by atoms with Crippen molar-refractivity contribution in [2.75, 3.05) is 0 Å². The van der Waals surface area contributed by atoms with Gasteiger partial charge in [0, 0.05) is 11.8 Å². The van der Waals surface area contributed by atoms with Crippen LogP contribution >= 0.6 is 0 Å². The largest absolute Gasteiger partial charge is 0.478 e. The molecule has 2 aromatic carbocycles. The SMILES string of the molecule is N#Cc1ccc(-c2ccc(-c3cc(C(=O)O)ccn3)cc2C#N)cc1. The average molecular weight is 325 g/mol. The highest BCUT2D eigenvalue weighted by Crippen LogP contribution is 2.28. The van der Waals surface area contributed by atoms with Crippen LogP contribution in [0.3, 0.4) is 0 Å². The van der Waals surface area contributed by atoms with E-state index in [-0.39, 0.29) is 5.56 Å². The van der Waals surface area contributed by atoms with Gasteiger partial charge < -0.3 is 5.11 Å². The van der Waals surface area contributed by atoms with Crippen molar-refractivity contribution in [1.82, 2.24) is 4.98 Å². The average Bonchev–Trinajstić information content (AvgIpc) is 2.67. The molecule has 0 radical (unpaired) electrons. The molecule has 0 aliphatic carbocycles. The van der Waals surface area contributed by atoms with Gasteiger partial charge in [-0.2, -0.15) is 10.5 Å². The lowest BCUT2D eigenvalue weighted by atomic mass is 9.96. The molecule has 1 N–H and O–H groups in total. The Morgan fingerprint density at radius 1 is 0.920 bits per heavy atom. The second kappa shape index (κ2) is 6.66. The van der Waals surface area contributed by atoms with Gasteiger partial charge in [0.2, 0.25) is 0 Å². The van der Waals surface area contributed by atoms with Crippen LogP contribution < -0.4 is 0 Å². The van der Waals surface area contributed by atoms with Crippen molar-refractivity contribution in [1.29, 1.82) is 10.5 Å². The zero-order chi connectivity index (χ0) is 17.8. The standard InChI is InChI=1S/C20H11N3O2/c21-11-13-1-3-14(4-2-13)18-6-5-15(9-17(18)12-22)19-10-16(20(24)25)7-8-23-19/h1-10H,(H,24,25). The third kappa shape index (κ3) is 3.21. The summed E-state index contributed by atoms with van der Waals surface area (Å²) in [6.45, 7) is 0. The molecule has 0 saturated heterocycles. The summed E-state index contributed by atoms with van der Waals surface area (Å²) in [7, 11) is 0. The van der Waals surface area contributed by atoms with Crippen LogP contribution in [0, 0.1) is 22.7 Å². The molecule has 0 unspecified atom stereocenters. The summed E-state index contributed by atoms with van der Waals surface area (Å²) in [5, 5.41) is 27.4. The lowest BCUT2D eigenvalue weighted by molar-refractivity contribution is 0.0697. The first-order chi connectivity index (χ1) is 12.1. The number of carbonyl (C=O) groups is 1. The second-order valence-corrected chi connectivity index (χ2v) is 5.30. The number of aromatic nitrogens is 1. The fourth-order valence-corrected chi connectivity index (χ4v) is 2.49. The van der Waals surface area contributed by atoms with Gasteiger partial charge in [0.1, 0.15) is 0 Å². The van der Waals surface area contributed by atoms with E-state index >= 15 is 0 Å². The molecule has 3 rings (SSSR count). The number of carboxylic acids is 1. The Bertz CT molecular complexity index is 1040. The maximum atomic E-state index is 11.1. The molecule has 0 bridgehead atoms. The van der Waals surface area contributed by atoms with Crippen molar-refractivity contribution in [2.45, 2.75) is 0 Å². The van der Waals surface area contributed by atoms with Crippen molar-refractivity contribution in [3.05, 3.63) is 77.5 Å². The van der Waals surface area contributed by atoms with E-state index in [1.54, 1.807) is 42.5 Å². The number of nitrogens with zero attached hydrogens (tertiary/aromatic N) is 3. The van der Waals surface area contributed by atoms with Crippen molar-refractivity contribution < 1.29 is 9.90 Å². The molecular weight excluding hydrogens is 314 g/mol. The van der Waals surface area contributed by atoms with E-state index in [4.69, 9.17) is 10.4 Å². The van der Waals surface area contributed by atoms with Crippen LogP contribution in [0.5, 0.6) is 0 Å². The lowest BCUT2D eigenvalue weighted by Crippen LogP contribution is -1.97. The summed E-state index contributed by atoms with van der Waals surface area (Å²) < 4.78 is 0. The van der Waals surface area contributed by atoms with Crippen molar-refractivity contribution in [3.63, 3.8) is 0 Å². The fraction of sp³-hybridized carbons (Fsp3) is 0. The van der Waals surface area contributed by atoms with Gasteiger partial charge in [0.15, 0.2) is 0 Å². The number of hydrogen-bond donors (Lipinski definition) is 1. The number of hydrogen-bond acceptors (Lipinski definition) is 4. The number of aromatic carboxylic acids is 1. The topological polar surface area (TPSA) is 97.8 Å². The molecule has 5 heteroatoms. The number of benzene rings is 2. The van der Waals surface area contributed by atoms with Crippen molar-refractivity contribution in [2.24, 2.45) is 0 Å². The highest BCUT2D eigenvalue weighted by atomic mass is 16.4. The Morgan fingerprint density at radius 2 is 1.64 bits per heavy atom. The highest BCUT2D eigenvalue weighted by molar-refractivity contribution is 5.89. The van der Waals surface area contributed by atoms with E-state index in [0.717, 1.165) is 11.1 Å². The normalized spacial score (nSPS) is 9.84. The molecule has 0 amide bonds. The third-order valence-corrected chi connectivity index (χ3v) is 3.77. The molecule has 1 aromatic heterocycles. The van der Waals surface area contributed by atoms with Gasteiger partial charge in [-0.05, 0) is 41.5 Å². The second-order valence-electron chi connectivity index (χ2n) is 5.30. The van der Waals surface area contributed by atoms with E-state index in [9.17, 15) is 10.1 Å². The molecule has 118 valence electrons. The van der Waals surface area contributed by atoms with E-state index in [1.165, 1.54) is 18.3 Å². The van der Waals surface area contributed by atoms with E-state index in [1.807, 2.05) is 0 Å². The highest BCUT2D eigenvalue weighted by Gasteiger charge is 2.10. The van der Waals surface area contributed by atoms with E-state index in [0.29, 0.717) is 22.4 Å². The van der Waals surface area contributed by atoms with Crippen LogP contribution in [0.15, 0.2) is 60.8 Å². The van der Waals surface area contributed by atoms with Crippen molar-refractivity contribution >= 4 is 5.97 Å². The van der Waals surface area contributed by atoms with Gasteiger partial charge in [-0.3, -0.25) is 4.98 Å². The smallest absolute Gasteiger partial charge is 0.335 e. The summed E-state index contributed by atoms with van der Waals surface area (Å²) in [4.78, 5) is 15.3. The quantitative estimate of drug-likeness (QED) is 0.788. The van der Waals surface area contributed by atoms with Crippen LogP contribution in [0.2, 0.25) is 0 Å². The predicted octanol–water partition coefficient (Wildman–Crippen LogP) is 3.86. The van der Waals surface area contributed by atoms with Gasteiger partial charge in [-0.15, -0.1) is 0 Å². The lowest BCUT2D eigenvalue weighted by Gasteiger charge is -2.08. The van der Waals surface area contributed by atoms with Crippen LogP contribution in [-0.4, -0.2) is 16.1 Å². The first kappa shape index (κ1) is 15.9. The van der Waals surface area contributed by atoms with E-state index in [2.05, 4.69) is 17.1 Å². The zero-order valence-corrected chi connectivity index (χ0v) is 13.0. The molecule has 0 atom stereocenters. The number of rotatable bonds is 3. The minimum atomic E-state index is -1.03. The molecule has 25 heavy (non-hydrogen) atoms. The maximum Gasteiger partial charge on any atom is 0.335 e. The Kier molecular flexibility index (Phi) is 4.24. The van der Waals surface area contributed by atoms with Crippen LogP contribution in [0.25, 0.3) is 22.4 Å². The molecule has 0 aliphatic heterocycles. The van der Waals surface area contributed by atoms with Crippen LogP contribution in [0.1, 0.15) is 21.5 Å². The Morgan fingerprint density at radius 3 is 2.28 bits per heavy atom. The van der Waals surface area contributed by atoms with Crippen LogP contribution in [0.4, 0.5) is 0 Å². The van der Waals surface area contributed by atoms with Crippen LogP contribution in [-0.2, 0) is 0 Å². The van der Waals surface area contributed by atoms with Gasteiger partial charge in [-0.25, -0.2) is 4.79 Å². The third-order valence-electron chi connectivity index (χ3n) is 3.77. The molecule has 0 fully saturated rings. The first-order valence-corrected chi connectivity index (χ1v) is 7.37. The number of nitriles is 2. The maximum absolute atomic E-state index is 11.1. The molecule has 0 saturated carbocycles. The minimum absolute atomic E-state index is 0.139. The Balaban J connectivity index is 2.05. The molecule has 3 aromatic rings. The van der Waals surface area contributed by atoms with Gasteiger partial charge in [-0.1, -0.05) is 24.3 Å². The molecular formula is C20H11N3O2. The Hall–Kier alpha value is -3.96. The molecule has 1 heterocycles. The molecule has 5 nitrogen and oxygen atoms in total.